The normalized spacial score (nSPS) is 23.3. The van der Waals surface area contributed by atoms with Gasteiger partial charge in [-0.05, 0) is 18.2 Å². The Morgan fingerprint density at radius 2 is 1.79 bits per heavy atom. The largest absolute Gasteiger partial charge is 0.395 e. The second-order valence-electron chi connectivity index (χ2n) is 5.99. The fourth-order valence-electron chi connectivity index (χ4n) is 3.24. The van der Waals surface area contributed by atoms with Crippen molar-refractivity contribution in [2.24, 2.45) is 0 Å². The second-order valence-corrected chi connectivity index (χ2v) is 6.80. The highest BCUT2D eigenvalue weighted by Crippen LogP contribution is 2.31. The van der Waals surface area contributed by atoms with Gasteiger partial charge in [0, 0.05) is 32.7 Å². The topological polar surface area (TPSA) is 64.1 Å². The molecule has 0 radical (unpaired) electrons. The number of carbonyl (C=O) groups is 2. The third kappa shape index (κ3) is 3.43. The van der Waals surface area contributed by atoms with Crippen LogP contribution in [-0.2, 0) is 9.59 Å². The average Bonchev–Trinajstić information content (AvgIpc) is 2.86. The van der Waals surface area contributed by atoms with E-state index in [4.69, 9.17) is 28.3 Å². The van der Waals surface area contributed by atoms with Crippen molar-refractivity contribution in [3.05, 3.63) is 28.2 Å². The molecule has 2 aliphatic heterocycles. The van der Waals surface area contributed by atoms with E-state index in [1.165, 1.54) is 4.90 Å². The first kappa shape index (κ1) is 17.6. The van der Waals surface area contributed by atoms with Crippen LogP contribution < -0.4 is 4.90 Å². The van der Waals surface area contributed by atoms with E-state index in [1.54, 1.807) is 18.2 Å². The molecular weight excluding hydrogens is 353 g/mol. The molecule has 2 amide bonds. The Morgan fingerprint density at radius 3 is 2.42 bits per heavy atom. The summed E-state index contributed by atoms with van der Waals surface area (Å²) in [5, 5.41) is 9.70. The number of β-amino-alcohol motifs (C(OH)–C–C–N with tert-alkyl or cyclic N) is 1. The molecule has 24 heavy (non-hydrogen) atoms. The smallest absolute Gasteiger partial charge is 0.251 e. The zero-order valence-electron chi connectivity index (χ0n) is 13.1. The summed E-state index contributed by atoms with van der Waals surface area (Å²) < 4.78 is 0. The molecule has 0 bridgehead atoms. The minimum atomic E-state index is -0.428. The summed E-state index contributed by atoms with van der Waals surface area (Å²) in [5.74, 6) is -0.435. The van der Waals surface area contributed by atoms with Crippen molar-refractivity contribution in [3.63, 3.8) is 0 Å². The Bertz CT molecular complexity index is 647. The van der Waals surface area contributed by atoms with Crippen LogP contribution in [0.4, 0.5) is 5.69 Å². The Morgan fingerprint density at radius 1 is 1.08 bits per heavy atom. The minimum Gasteiger partial charge on any atom is -0.395 e. The molecule has 130 valence electrons. The zero-order valence-corrected chi connectivity index (χ0v) is 14.6. The van der Waals surface area contributed by atoms with Crippen LogP contribution in [0.3, 0.4) is 0 Å². The van der Waals surface area contributed by atoms with Gasteiger partial charge in [-0.1, -0.05) is 23.2 Å². The highest BCUT2D eigenvalue weighted by molar-refractivity contribution is 6.42. The molecule has 1 aromatic rings. The van der Waals surface area contributed by atoms with Crippen molar-refractivity contribution in [1.29, 1.82) is 0 Å². The number of hydrogen-bond acceptors (Lipinski definition) is 5. The van der Waals surface area contributed by atoms with Crippen LogP contribution in [0.2, 0.25) is 10.0 Å². The monoisotopic (exact) mass is 371 g/mol. The molecule has 2 aliphatic rings. The minimum absolute atomic E-state index is 0.131. The van der Waals surface area contributed by atoms with E-state index in [-0.39, 0.29) is 24.8 Å². The first-order chi connectivity index (χ1) is 11.5. The number of benzene rings is 1. The number of imide groups is 1. The number of halogens is 2. The molecule has 1 atom stereocenters. The predicted octanol–water partition coefficient (Wildman–Crippen LogP) is 1.24. The maximum absolute atomic E-state index is 12.8. The third-order valence-corrected chi connectivity index (χ3v) is 5.29. The number of aliphatic hydroxyl groups excluding tert-OH is 1. The van der Waals surface area contributed by atoms with Crippen molar-refractivity contribution in [1.82, 2.24) is 9.80 Å². The van der Waals surface area contributed by atoms with Gasteiger partial charge in [0.2, 0.25) is 5.91 Å². The molecule has 0 unspecified atom stereocenters. The quantitative estimate of drug-likeness (QED) is 0.806. The fourth-order valence-corrected chi connectivity index (χ4v) is 3.53. The Balaban J connectivity index is 1.71. The summed E-state index contributed by atoms with van der Waals surface area (Å²) in [7, 11) is 0. The van der Waals surface area contributed by atoms with E-state index < -0.39 is 6.04 Å². The molecule has 2 saturated heterocycles. The molecule has 1 N–H and O–H groups in total. The highest BCUT2D eigenvalue weighted by Gasteiger charge is 2.43. The fraction of sp³-hybridized carbons (Fsp3) is 0.500. The van der Waals surface area contributed by atoms with Crippen LogP contribution in [0.25, 0.3) is 0 Å². The highest BCUT2D eigenvalue weighted by atomic mass is 35.5. The van der Waals surface area contributed by atoms with Crippen molar-refractivity contribution in [2.75, 3.05) is 44.2 Å². The second kappa shape index (κ2) is 7.37. The van der Waals surface area contributed by atoms with Crippen molar-refractivity contribution >= 4 is 40.7 Å². The van der Waals surface area contributed by atoms with E-state index >= 15 is 0 Å². The maximum atomic E-state index is 12.8. The van der Waals surface area contributed by atoms with Crippen LogP contribution in [0.5, 0.6) is 0 Å². The number of aliphatic hydroxyl groups is 1. The first-order valence-electron chi connectivity index (χ1n) is 7.90. The summed E-state index contributed by atoms with van der Waals surface area (Å²) in [6.45, 7) is 3.75. The van der Waals surface area contributed by atoms with E-state index in [9.17, 15) is 9.59 Å². The lowest BCUT2D eigenvalue weighted by Crippen LogP contribution is -2.52. The van der Waals surface area contributed by atoms with E-state index in [1.807, 2.05) is 4.90 Å². The molecule has 1 aromatic carbocycles. The molecule has 0 spiro atoms. The number of hydrogen-bond donors (Lipinski definition) is 1. The summed E-state index contributed by atoms with van der Waals surface area (Å²) in [5.41, 5.74) is 0.459. The number of anilines is 1. The molecule has 0 aromatic heterocycles. The summed E-state index contributed by atoms with van der Waals surface area (Å²) >= 11 is 11.9. The van der Waals surface area contributed by atoms with Gasteiger partial charge < -0.3 is 5.11 Å². The molecule has 2 heterocycles. The van der Waals surface area contributed by atoms with Crippen molar-refractivity contribution in [2.45, 2.75) is 12.5 Å². The number of carbonyl (C=O) groups excluding carboxylic acids is 2. The van der Waals surface area contributed by atoms with E-state index in [2.05, 4.69) is 4.90 Å². The lowest BCUT2D eigenvalue weighted by molar-refractivity contribution is -0.123. The molecule has 6 nitrogen and oxygen atoms in total. The SMILES string of the molecule is O=C1C[C@H](N2CCN(CCO)CC2)C(=O)N1c1ccc(Cl)c(Cl)c1. The molecule has 3 rings (SSSR count). The molecule has 0 saturated carbocycles. The summed E-state index contributed by atoms with van der Waals surface area (Å²) in [6.07, 6.45) is 0.180. The lowest BCUT2D eigenvalue weighted by atomic mass is 10.1. The van der Waals surface area contributed by atoms with Crippen LogP contribution in [0, 0.1) is 0 Å². The predicted molar refractivity (Wildman–Crippen MR) is 92.5 cm³/mol. The van der Waals surface area contributed by atoms with Crippen LogP contribution in [-0.4, -0.2) is 72.1 Å². The van der Waals surface area contributed by atoms with Crippen molar-refractivity contribution < 1.29 is 14.7 Å². The van der Waals surface area contributed by atoms with Crippen LogP contribution >= 0.6 is 23.2 Å². The van der Waals surface area contributed by atoms with E-state index in [0.717, 1.165) is 13.1 Å². The zero-order chi connectivity index (χ0) is 17.3. The van der Waals surface area contributed by atoms with Gasteiger partial charge in [-0.25, -0.2) is 4.90 Å². The van der Waals surface area contributed by atoms with Gasteiger partial charge in [-0.2, -0.15) is 0 Å². The number of piperazine rings is 1. The van der Waals surface area contributed by atoms with E-state index in [0.29, 0.717) is 35.4 Å². The number of nitrogens with zero attached hydrogens (tertiary/aromatic N) is 3. The van der Waals surface area contributed by atoms with Gasteiger partial charge in [-0.15, -0.1) is 0 Å². The van der Waals surface area contributed by atoms with Gasteiger partial charge in [0.25, 0.3) is 5.91 Å². The number of rotatable bonds is 4. The van der Waals surface area contributed by atoms with Gasteiger partial charge in [0.1, 0.15) is 0 Å². The number of amides is 2. The average molecular weight is 372 g/mol. The standard InChI is InChI=1S/C16H19Cl2N3O3/c17-12-2-1-11(9-13(12)18)21-15(23)10-14(16(21)24)20-5-3-19(4-6-20)7-8-22/h1-2,9,14,22H,3-8,10H2/t14-/m0/s1. The molecule has 2 fully saturated rings. The van der Waals surface area contributed by atoms with Gasteiger partial charge in [0.05, 0.1) is 34.8 Å². The molecular formula is C16H19Cl2N3O3. The van der Waals surface area contributed by atoms with Gasteiger partial charge in [0.15, 0.2) is 0 Å². The van der Waals surface area contributed by atoms with Crippen LogP contribution in [0.1, 0.15) is 6.42 Å². The maximum Gasteiger partial charge on any atom is 0.251 e. The third-order valence-electron chi connectivity index (χ3n) is 4.55. The van der Waals surface area contributed by atoms with Gasteiger partial charge in [-0.3, -0.25) is 19.4 Å². The lowest BCUT2D eigenvalue weighted by Gasteiger charge is -2.36. The Hall–Kier alpha value is -1.18. The Labute approximate surface area is 150 Å². The van der Waals surface area contributed by atoms with Gasteiger partial charge >= 0.3 is 0 Å². The summed E-state index contributed by atoms with van der Waals surface area (Å²) in [4.78, 5) is 30.5. The molecule has 0 aliphatic carbocycles. The van der Waals surface area contributed by atoms with Crippen molar-refractivity contribution in [3.8, 4) is 0 Å². The molecule has 8 heteroatoms. The summed E-state index contributed by atoms with van der Waals surface area (Å²) in [6, 6.07) is 4.33. The van der Waals surface area contributed by atoms with Crippen LogP contribution in [0.15, 0.2) is 18.2 Å². The Kier molecular flexibility index (Phi) is 5.42. The first-order valence-corrected chi connectivity index (χ1v) is 8.66.